The smallest absolute Gasteiger partial charge is 0.0591 e. The molecule has 1 atom stereocenters. The highest BCUT2D eigenvalue weighted by Gasteiger charge is 2.14. The van der Waals surface area contributed by atoms with Crippen LogP contribution in [0.5, 0.6) is 0 Å². The lowest BCUT2D eigenvalue weighted by Crippen LogP contribution is -2.26. The summed E-state index contributed by atoms with van der Waals surface area (Å²) in [6, 6.07) is 0. The molecule has 1 fully saturated rings. The fourth-order valence-electron chi connectivity index (χ4n) is 1.51. The third-order valence-corrected chi connectivity index (χ3v) is 2.33. The summed E-state index contributed by atoms with van der Waals surface area (Å²) in [5.41, 5.74) is 0. The normalized spacial score (nSPS) is 22.1. The lowest BCUT2D eigenvalue weighted by atomic mass is 10.1. The average molecular weight is 201 g/mol. The molecule has 0 saturated carbocycles. The fourth-order valence-corrected chi connectivity index (χ4v) is 1.51. The molecule has 1 heterocycles. The average Bonchev–Trinajstić information content (AvgIpc) is 2.63. The van der Waals surface area contributed by atoms with Crippen molar-refractivity contribution in [1.82, 2.24) is 5.32 Å². The molecule has 1 saturated heterocycles. The SMILES string of the molecule is CC(C)COCCNCC1CCOC1. The Labute approximate surface area is 87.2 Å². The topological polar surface area (TPSA) is 30.5 Å². The van der Waals surface area contributed by atoms with Crippen molar-refractivity contribution in [3.05, 3.63) is 0 Å². The molecule has 1 aliphatic heterocycles. The van der Waals surface area contributed by atoms with Crippen LogP contribution in [-0.2, 0) is 9.47 Å². The zero-order valence-electron chi connectivity index (χ0n) is 9.42. The van der Waals surface area contributed by atoms with E-state index in [2.05, 4.69) is 19.2 Å². The van der Waals surface area contributed by atoms with Gasteiger partial charge in [-0.2, -0.15) is 0 Å². The van der Waals surface area contributed by atoms with Crippen LogP contribution in [0.25, 0.3) is 0 Å². The van der Waals surface area contributed by atoms with Crippen molar-refractivity contribution in [3.63, 3.8) is 0 Å². The van der Waals surface area contributed by atoms with Gasteiger partial charge in [-0.15, -0.1) is 0 Å². The summed E-state index contributed by atoms with van der Waals surface area (Å²) in [5.74, 6) is 1.36. The first kappa shape index (κ1) is 12.0. The zero-order valence-corrected chi connectivity index (χ0v) is 9.42. The number of hydrogen-bond donors (Lipinski definition) is 1. The molecule has 0 amide bonds. The molecule has 0 aromatic heterocycles. The molecule has 0 aromatic rings. The first-order chi connectivity index (χ1) is 6.79. The Morgan fingerprint density at radius 1 is 1.50 bits per heavy atom. The Hall–Kier alpha value is -0.120. The molecule has 14 heavy (non-hydrogen) atoms. The minimum absolute atomic E-state index is 0.637. The van der Waals surface area contributed by atoms with Gasteiger partial charge in [-0.3, -0.25) is 0 Å². The van der Waals surface area contributed by atoms with Crippen molar-refractivity contribution in [3.8, 4) is 0 Å². The monoisotopic (exact) mass is 201 g/mol. The van der Waals surface area contributed by atoms with Crippen molar-refractivity contribution in [1.29, 1.82) is 0 Å². The lowest BCUT2D eigenvalue weighted by molar-refractivity contribution is 0.111. The third-order valence-electron chi connectivity index (χ3n) is 2.33. The minimum Gasteiger partial charge on any atom is -0.381 e. The van der Waals surface area contributed by atoms with Gasteiger partial charge in [-0.1, -0.05) is 13.8 Å². The van der Waals surface area contributed by atoms with E-state index >= 15 is 0 Å². The molecular formula is C11H23NO2. The number of rotatable bonds is 7. The second-order valence-electron chi connectivity index (χ2n) is 4.40. The molecule has 0 radical (unpaired) electrons. The molecule has 0 aromatic carbocycles. The molecule has 1 aliphatic rings. The molecule has 1 rings (SSSR count). The van der Waals surface area contributed by atoms with Crippen LogP contribution in [-0.4, -0.2) is 39.5 Å². The zero-order chi connectivity index (χ0) is 10.2. The van der Waals surface area contributed by atoms with Crippen LogP contribution in [0, 0.1) is 11.8 Å². The molecule has 1 N–H and O–H groups in total. The maximum Gasteiger partial charge on any atom is 0.0591 e. The summed E-state index contributed by atoms with van der Waals surface area (Å²) in [7, 11) is 0. The summed E-state index contributed by atoms with van der Waals surface area (Å²) in [6.07, 6.45) is 1.21. The van der Waals surface area contributed by atoms with Crippen LogP contribution in [0.1, 0.15) is 20.3 Å². The molecule has 3 nitrogen and oxygen atoms in total. The van der Waals surface area contributed by atoms with Crippen molar-refractivity contribution in [2.24, 2.45) is 11.8 Å². The van der Waals surface area contributed by atoms with E-state index in [0.29, 0.717) is 5.92 Å². The van der Waals surface area contributed by atoms with E-state index in [1.165, 1.54) is 6.42 Å². The van der Waals surface area contributed by atoms with Gasteiger partial charge in [0.1, 0.15) is 0 Å². The predicted molar refractivity (Wildman–Crippen MR) is 57.5 cm³/mol. The first-order valence-corrected chi connectivity index (χ1v) is 5.65. The summed E-state index contributed by atoms with van der Waals surface area (Å²) < 4.78 is 10.8. The highest BCUT2D eigenvalue weighted by molar-refractivity contribution is 4.66. The number of ether oxygens (including phenoxy) is 2. The fraction of sp³-hybridized carbons (Fsp3) is 1.00. The molecule has 3 heteroatoms. The lowest BCUT2D eigenvalue weighted by Gasteiger charge is -2.10. The van der Waals surface area contributed by atoms with Gasteiger partial charge < -0.3 is 14.8 Å². The van der Waals surface area contributed by atoms with Gasteiger partial charge in [0.15, 0.2) is 0 Å². The van der Waals surface area contributed by atoms with E-state index in [9.17, 15) is 0 Å². The predicted octanol–water partition coefficient (Wildman–Crippen LogP) is 1.29. The third kappa shape index (κ3) is 5.58. The Bertz CT molecular complexity index is 133. The first-order valence-electron chi connectivity index (χ1n) is 5.65. The highest BCUT2D eigenvalue weighted by Crippen LogP contribution is 2.10. The van der Waals surface area contributed by atoms with E-state index in [4.69, 9.17) is 9.47 Å². The number of nitrogens with one attached hydrogen (secondary N) is 1. The molecule has 0 aliphatic carbocycles. The minimum atomic E-state index is 0.637. The van der Waals surface area contributed by atoms with E-state index in [-0.39, 0.29) is 0 Å². The highest BCUT2D eigenvalue weighted by atomic mass is 16.5. The van der Waals surface area contributed by atoms with Crippen LogP contribution in [0.3, 0.4) is 0 Å². The number of hydrogen-bond acceptors (Lipinski definition) is 3. The Balaban J connectivity index is 1.79. The van der Waals surface area contributed by atoms with Crippen LogP contribution in [0.2, 0.25) is 0 Å². The molecule has 1 unspecified atom stereocenters. The molecule has 84 valence electrons. The van der Waals surface area contributed by atoms with Gasteiger partial charge in [0.05, 0.1) is 13.2 Å². The summed E-state index contributed by atoms with van der Waals surface area (Å²) in [6.45, 7) is 9.94. The molecular weight excluding hydrogens is 178 g/mol. The molecule has 0 spiro atoms. The van der Waals surface area contributed by atoms with Crippen LogP contribution in [0.15, 0.2) is 0 Å². The largest absolute Gasteiger partial charge is 0.381 e. The summed E-state index contributed by atoms with van der Waals surface area (Å²) in [4.78, 5) is 0. The van der Waals surface area contributed by atoms with E-state index in [1.807, 2.05) is 0 Å². The van der Waals surface area contributed by atoms with Crippen molar-refractivity contribution in [2.75, 3.05) is 39.5 Å². The molecule has 0 bridgehead atoms. The van der Waals surface area contributed by atoms with Crippen molar-refractivity contribution in [2.45, 2.75) is 20.3 Å². The summed E-state index contributed by atoms with van der Waals surface area (Å²) >= 11 is 0. The van der Waals surface area contributed by atoms with Crippen molar-refractivity contribution < 1.29 is 9.47 Å². The van der Waals surface area contributed by atoms with E-state index in [1.54, 1.807) is 0 Å². The van der Waals surface area contributed by atoms with Crippen LogP contribution < -0.4 is 5.32 Å². The van der Waals surface area contributed by atoms with E-state index < -0.39 is 0 Å². The quantitative estimate of drug-likeness (QED) is 0.630. The standard InChI is InChI=1S/C11H23NO2/c1-10(2)8-14-6-4-12-7-11-3-5-13-9-11/h10-12H,3-9H2,1-2H3. The maximum atomic E-state index is 5.47. The Morgan fingerprint density at radius 3 is 3.00 bits per heavy atom. The van der Waals surface area contributed by atoms with Gasteiger partial charge in [0.2, 0.25) is 0 Å². The van der Waals surface area contributed by atoms with Gasteiger partial charge in [-0.25, -0.2) is 0 Å². The van der Waals surface area contributed by atoms with Crippen molar-refractivity contribution >= 4 is 0 Å². The van der Waals surface area contributed by atoms with Gasteiger partial charge >= 0.3 is 0 Å². The summed E-state index contributed by atoms with van der Waals surface area (Å²) in [5, 5.41) is 3.40. The van der Waals surface area contributed by atoms with Crippen LogP contribution in [0.4, 0.5) is 0 Å². The second-order valence-corrected chi connectivity index (χ2v) is 4.40. The van der Waals surface area contributed by atoms with Gasteiger partial charge in [0.25, 0.3) is 0 Å². The van der Waals surface area contributed by atoms with Gasteiger partial charge in [0, 0.05) is 26.3 Å². The van der Waals surface area contributed by atoms with E-state index in [0.717, 1.165) is 45.4 Å². The van der Waals surface area contributed by atoms with Crippen LogP contribution >= 0.6 is 0 Å². The van der Waals surface area contributed by atoms with Gasteiger partial charge in [-0.05, 0) is 18.3 Å². The Kier molecular flexibility index (Phi) is 6.15. The Morgan fingerprint density at radius 2 is 2.36 bits per heavy atom. The second kappa shape index (κ2) is 7.21. The maximum absolute atomic E-state index is 5.47.